The smallest absolute Gasteiger partial charge is 0.358 e. The van der Waals surface area contributed by atoms with Crippen molar-refractivity contribution in [1.29, 1.82) is 0 Å². The van der Waals surface area contributed by atoms with Crippen LogP contribution in [0.3, 0.4) is 0 Å². The molecule has 1 aromatic carbocycles. The lowest BCUT2D eigenvalue weighted by atomic mass is 10.1. The first-order valence-electron chi connectivity index (χ1n) is 7.47. The number of aryl methyl sites for hydroxylation is 2. The molecular formula is C16H20N4O3. The molecule has 2 aromatic rings. The Hall–Kier alpha value is -2.70. The predicted octanol–water partition coefficient (Wildman–Crippen LogP) is 2.24. The molecule has 0 aliphatic carbocycles. The van der Waals surface area contributed by atoms with Crippen LogP contribution in [-0.4, -0.2) is 26.4 Å². The van der Waals surface area contributed by atoms with Crippen LogP contribution in [-0.2, 0) is 17.8 Å². The number of carbonyl (C=O) groups excluding carboxylic acids is 1. The number of imidazole rings is 1. The molecule has 0 unspecified atom stereocenters. The van der Waals surface area contributed by atoms with Crippen molar-refractivity contribution >= 4 is 11.7 Å². The van der Waals surface area contributed by atoms with Gasteiger partial charge < -0.3 is 15.4 Å². The number of aromatic nitrogens is 2. The SMILES string of the molecule is Cc1nc([N+](=O)[O-])cn1CC(=O)N[C@@H](C)CCc1ccccc1. The van der Waals surface area contributed by atoms with Gasteiger partial charge in [0, 0.05) is 13.0 Å². The highest BCUT2D eigenvalue weighted by Crippen LogP contribution is 2.10. The summed E-state index contributed by atoms with van der Waals surface area (Å²) >= 11 is 0. The molecule has 7 heteroatoms. The summed E-state index contributed by atoms with van der Waals surface area (Å²) in [6.45, 7) is 3.62. The Morgan fingerprint density at radius 3 is 2.70 bits per heavy atom. The molecule has 23 heavy (non-hydrogen) atoms. The van der Waals surface area contributed by atoms with Gasteiger partial charge in [-0.25, -0.2) is 0 Å². The number of nitrogens with one attached hydrogen (secondary N) is 1. The van der Waals surface area contributed by atoms with E-state index in [0.717, 1.165) is 12.8 Å². The summed E-state index contributed by atoms with van der Waals surface area (Å²) < 4.78 is 1.48. The lowest BCUT2D eigenvalue weighted by Gasteiger charge is -2.14. The third-order valence-corrected chi connectivity index (χ3v) is 3.58. The number of hydrogen-bond acceptors (Lipinski definition) is 4. The molecule has 1 aromatic heterocycles. The maximum atomic E-state index is 12.0. The van der Waals surface area contributed by atoms with E-state index in [0.29, 0.717) is 5.82 Å². The highest BCUT2D eigenvalue weighted by Gasteiger charge is 2.17. The molecule has 0 radical (unpaired) electrons. The zero-order chi connectivity index (χ0) is 16.8. The lowest BCUT2D eigenvalue weighted by molar-refractivity contribution is -0.389. The first kappa shape index (κ1) is 16.7. The van der Waals surface area contributed by atoms with Gasteiger partial charge in [0.2, 0.25) is 11.7 Å². The minimum absolute atomic E-state index is 0.0292. The van der Waals surface area contributed by atoms with Gasteiger partial charge in [-0.15, -0.1) is 0 Å². The quantitative estimate of drug-likeness (QED) is 0.626. The van der Waals surface area contributed by atoms with Gasteiger partial charge in [-0.1, -0.05) is 30.3 Å². The van der Waals surface area contributed by atoms with E-state index in [9.17, 15) is 14.9 Å². The molecule has 0 aliphatic heterocycles. The number of nitro groups is 1. The van der Waals surface area contributed by atoms with Gasteiger partial charge in [0.25, 0.3) is 0 Å². The van der Waals surface area contributed by atoms with Gasteiger partial charge in [0.1, 0.15) is 12.7 Å². The van der Waals surface area contributed by atoms with Crippen LogP contribution in [0.25, 0.3) is 0 Å². The number of carbonyl (C=O) groups is 1. The van der Waals surface area contributed by atoms with Gasteiger partial charge in [-0.05, 0) is 35.2 Å². The second kappa shape index (κ2) is 7.53. The monoisotopic (exact) mass is 316 g/mol. The fourth-order valence-electron chi connectivity index (χ4n) is 2.31. The summed E-state index contributed by atoms with van der Waals surface area (Å²) in [6.07, 6.45) is 3.00. The van der Waals surface area contributed by atoms with E-state index in [4.69, 9.17) is 0 Å². The average molecular weight is 316 g/mol. The summed E-state index contributed by atoms with van der Waals surface area (Å²) in [5, 5.41) is 13.6. The largest absolute Gasteiger partial charge is 0.381 e. The minimum Gasteiger partial charge on any atom is -0.358 e. The Labute approximate surface area is 134 Å². The minimum atomic E-state index is -0.566. The molecule has 122 valence electrons. The van der Waals surface area contributed by atoms with E-state index >= 15 is 0 Å². The van der Waals surface area contributed by atoms with Crippen molar-refractivity contribution in [3.05, 3.63) is 58.0 Å². The first-order chi connectivity index (χ1) is 11.0. The summed E-state index contributed by atoms with van der Waals surface area (Å²) in [4.78, 5) is 26.0. The molecule has 7 nitrogen and oxygen atoms in total. The summed E-state index contributed by atoms with van der Waals surface area (Å²) in [7, 11) is 0. The van der Waals surface area contributed by atoms with E-state index in [2.05, 4.69) is 22.4 Å². The fraction of sp³-hybridized carbons (Fsp3) is 0.375. The maximum absolute atomic E-state index is 12.0. The van der Waals surface area contributed by atoms with E-state index in [1.54, 1.807) is 6.92 Å². The lowest BCUT2D eigenvalue weighted by Crippen LogP contribution is -2.35. The number of hydrogen-bond donors (Lipinski definition) is 1. The Morgan fingerprint density at radius 2 is 2.09 bits per heavy atom. The normalized spacial score (nSPS) is 11.9. The van der Waals surface area contributed by atoms with Crippen LogP contribution in [0.4, 0.5) is 5.82 Å². The second-order valence-electron chi connectivity index (χ2n) is 5.52. The van der Waals surface area contributed by atoms with E-state index in [1.807, 2.05) is 25.1 Å². The molecule has 0 saturated heterocycles. The summed E-state index contributed by atoms with van der Waals surface area (Å²) in [6, 6.07) is 10.1. The van der Waals surface area contributed by atoms with Crippen LogP contribution in [0.5, 0.6) is 0 Å². The van der Waals surface area contributed by atoms with Gasteiger partial charge in [0.15, 0.2) is 0 Å². The molecule has 1 N–H and O–H groups in total. The Bertz CT molecular complexity index is 682. The molecule has 2 rings (SSSR count). The molecule has 1 amide bonds. The topological polar surface area (TPSA) is 90.1 Å². The fourth-order valence-corrected chi connectivity index (χ4v) is 2.31. The van der Waals surface area contributed by atoms with Crippen LogP contribution in [0, 0.1) is 17.0 Å². The number of nitrogens with zero attached hydrogens (tertiary/aromatic N) is 3. The van der Waals surface area contributed by atoms with Crippen molar-refractivity contribution in [2.24, 2.45) is 0 Å². The standard InChI is InChI=1S/C16H20N4O3/c1-12(8-9-14-6-4-3-5-7-14)17-16(21)11-19-10-15(20(22)23)18-13(19)2/h3-7,10,12H,8-9,11H2,1-2H3,(H,17,21)/t12-/m0/s1. The van der Waals surface area contributed by atoms with Crippen LogP contribution in [0.1, 0.15) is 24.7 Å². The van der Waals surface area contributed by atoms with Crippen molar-refractivity contribution in [1.82, 2.24) is 14.9 Å². The van der Waals surface area contributed by atoms with Crippen molar-refractivity contribution in [3.8, 4) is 0 Å². The van der Waals surface area contributed by atoms with Crippen LogP contribution in [0.15, 0.2) is 36.5 Å². The molecule has 0 spiro atoms. The van der Waals surface area contributed by atoms with E-state index < -0.39 is 4.92 Å². The molecular weight excluding hydrogens is 296 g/mol. The third-order valence-electron chi connectivity index (χ3n) is 3.58. The molecule has 1 atom stereocenters. The number of amides is 1. The first-order valence-corrected chi connectivity index (χ1v) is 7.47. The van der Waals surface area contributed by atoms with Crippen molar-refractivity contribution in [2.45, 2.75) is 39.3 Å². The highest BCUT2D eigenvalue weighted by atomic mass is 16.6. The Balaban J connectivity index is 1.83. The second-order valence-corrected chi connectivity index (χ2v) is 5.52. The zero-order valence-electron chi connectivity index (χ0n) is 13.2. The zero-order valence-corrected chi connectivity index (χ0v) is 13.2. The summed E-state index contributed by atoms with van der Waals surface area (Å²) in [5.74, 6) is 0.0252. The highest BCUT2D eigenvalue weighted by molar-refractivity contribution is 5.76. The average Bonchev–Trinajstić information content (AvgIpc) is 2.87. The molecule has 0 fully saturated rings. The van der Waals surface area contributed by atoms with Crippen LogP contribution >= 0.6 is 0 Å². The van der Waals surface area contributed by atoms with Crippen LogP contribution in [0.2, 0.25) is 0 Å². The molecule has 0 aliphatic rings. The van der Waals surface area contributed by atoms with Gasteiger partial charge >= 0.3 is 5.82 Å². The van der Waals surface area contributed by atoms with E-state index in [-0.39, 0.29) is 24.3 Å². The van der Waals surface area contributed by atoms with Gasteiger partial charge in [-0.3, -0.25) is 9.36 Å². The van der Waals surface area contributed by atoms with Crippen molar-refractivity contribution in [3.63, 3.8) is 0 Å². The Morgan fingerprint density at radius 1 is 1.39 bits per heavy atom. The third kappa shape index (κ3) is 4.91. The van der Waals surface area contributed by atoms with Gasteiger partial charge in [-0.2, -0.15) is 0 Å². The van der Waals surface area contributed by atoms with Crippen molar-refractivity contribution in [2.75, 3.05) is 0 Å². The van der Waals surface area contributed by atoms with Gasteiger partial charge in [0.05, 0.1) is 0 Å². The number of benzene rings is 1. The van der Waals surface area contributed by atoms with E-state index in [1.165, 1.54) is 16.3 Å². The maximum Gasteiger partial charge on any atom is 0.381 e. The Kier molecular flexibility index (Phi) is 5.46. The van der Waals surface area contributed by atoms with Crippen LogP contribution < -0.4 is 5.32 Å². The number of rotatable bonds is 7. The molecule has 0 bridgehead atoms. The van der Waals surface area contributed by atoms with Crippen molar-refractivity contribution < 1.29 is 9.72 Å². The molecule has 0 saturated carbocycles. The predicted molar refractivity (Wildman–Crippen MR) is 86.0 cm³/mol. The molecule has 1 heterocycles. The summed E-state index contributed by atoms with van der Waals surface area (Å²) in [5.41, 5.74) is 1.23.